The molecule has 0 aromatic carbocycles. The molecular formula is C13H24N2S. The van der Waals surface area contributed by atoms with Gasteiger partial charge in [0.15, 0.2) is 0 Å². The van der Waals surface area contributed by atoms with Crippen LogP contribution in [-0.4, -0.2) is 38.1 Å². The summed E-state index contributed by atoms with van der Waals surface area (Å²) in [5, 5.41) is 5.52. The van der Waals surface area contributed by atoms with Crippen LogP contribution in [0.5, 0.6) is 0 Å². The molecule has 0 amide bonds. The van der Waals surface area contributed by atoms with E-state index in [1.165, 1.54) is 37.2 Å². The molecule has 0 bridgehead atoms. The topological polar surface area (TPSA) is 15.3 Å². The van der Waals surface area contributed by atoms with E-state index in [1.807, 2.05) is 11.3 Å². The molecule has 0 aliphatic rings. The van der Waals surface area contributed by atoms with E-state index in [1.54, 1.807) is 0 Å². The number of hydrogen-bond donors (Lipinski definition) is 1. The molecule has 0 unspecified atom stereocenters. The van der Waals surface area contributed by atoms with Crippen LogP contribution in [-0.2, 0) is 6.42 Å². The monoisotopic (exact) mass is 240 g/mol. The van der Waals surface area contributed by atoms with Gasteiger partial charge in [-0.3, -0.25) is 0 Å². The summed E-state index contributed by atoms with van der Waals surface area (Å²) in [6.07, 6.45) is 3.78. The fourth-order valence-electron chi connectivity index (χ4n) is 1.68. The van der Waals surface area contributed by atoms with E-state index in [2.05, 4.69) is 41.7 Å². The molecule has 0 saturated heterocycles. The minimum absolute atomic E-state index is 1.09. The zero-order valence-electron chi connectivity index (χ0n) is 10.5. The molecule has 1 N–H and O–H groups in total. The highest BCUT2D eigenvalue weighted by molar-refractivity contribution is 7.09. The second kappa shape index (κ2) is 8.74. The molecule has 1 aromatic heterocycles. The highest BCUT2D eigenvalue weighted by Crippen LogP contribution is 2.09. The Labute approximate surface area is 104 Å². The van der Waals surface area contributed by atoms with Gasteiger partial charge < -0.3 is 10.2 Å². The summed E-state index contributed by atoms with van der Waals surface area (Å²) in [7, 11) is 2.22. The zero-order valence-corrected chi connectivity index (χ0v) is 11.4. The predicted molar refractivity (Wildman–Crippen MR) is 73.3 cm³/mol. The molecule has 2 nitrogen and oxygen atoms in total. The first kappa shape index (κ1) is 13.7. The van der Waals surface area contributed by atoms with Crippen molar-refractivity contribution in [2.45, 2.75) is 26.2 Å². The molecule has 0 fully saturated rings. The molecule has 0 aliphatic carbocycles. The quantitative estimate of drug-likeness (QED) is 0.668. The van der Waals surface area contributed by atoms with Crippen LogP contribution in [0.15, 0.2) is 17.5 Å². The van der Waals surface area contributed by atoms with Crippen LogP contribution in [0.1, 0.15) is 24.6 Å². The van der Waals surface area contributed by atoms with Crippen LogP contribution in [0.25, 0.3) is 0 Å². The van der Waals surface area contributed by atoms with E-state index < -0.39 is 0 Å². The van der Waals surface area contributed by atoms with E-state index in [0.29, 0.717) is 0 Å². The third-order valence-corrected chi connectivity index (χ3v) is 3.65. The summed E-state index contributed by atoms with van der Waals surface area (Å²) < 4.78 is 0. The van der Waals surface area contributed by atoms with Gasteiger partial charge in [0.05, 0.1) is 0 Å². The molecule has 16 heavy (non-hydrogen) atoms. The maximum absolute atomic E-state index is 3.36. The molecule has 1 rings (SSSR count). The van der Waals surface area contributed by atoms with Gasteiger partial charge >= 0.3 is 0 Å². The van der Waals surface area contributed by atoms with E-state index in [4.69, 9.17) is 0 Å². The fourth-order valence-corrected chi connectivity index (χ4v) is 2.37. The molecule has 0 saturated carbocycles. The van der Waals surface area contributed by atoms with Crippen molar-refractivity contribution in [3.63, 3.8) is 0 Å². The molecule has 0 spiro atoms. The fraction of sp³-hybridized carbons (Fsp3) is 0.692. The van der Waals surface area contributed by atoms with Crippen LogP contribution in [0.4, 0.5) is 0 Å². The van der Waals surface area contributed by atoms with Gasteiger partial charge in [-0.25, -0.2) is 0 Å². The number of unbranched alkanes of at least 4 members (excludes halogenated alkanes) is 1. The van der Waals surface area contributed by atoms with E-state index >= 15 is 0 Å². The summed E-state index contributed by atoms with van der Waals surface area (Å²) in [5.74, 6) is 0. The summed E-state index contributed by atoms with van der Waals surface area (Å²) in [6.45, 7) is 6.81. The van der Waals surface area contributed by atoms with E-state index in [9.17, 15) is 0 Å². The zero-order chi connectivity index (χ0) is 11.6. The first-order valence-corrected chi connectivity index (χ1v) is 7.12. The van der Waals surface area contributed by atoms with Crippen LogP contribution < -0.4 is 5.32 Å². The summed E-state index contributed by atoms with van der Waals surface area (Å²) in [4.78, 5) is 3.94. The Morgan fingerprint density at radius 1 is 1.31 bits per heavy atom. The normalized spacial score (nSPS) is 11.2. The Bertz CT molecular complexity index is 246. The molecule has 0 atom stereocenters. The van der Waals surface area contributed by atoms with Crippen molar-refractivity contribution < 1.29 is 0 Å². The second-order valence-electron chi connectivity index (χ2n) is 4.19. The highest BCUT2D eigenvalue weighted by Gasteiger charge is 1.99. The minimum Gasteiger partial charge on any atom is -0.317 e. The average molecular weight is 240 g/mol. The van der Waals surface area contributed by atoms with Crippen LogP contribution >= 0.6 is 11.3 Å². The van der Waals surface area contributed by atoms with Gasteiger partial charge in [-0.2, -0.15) is 0 Å². The molecule has 0 radical (unpaired) electrons. The maximum Gasteiger partial charge on any atom is 0.00579 e. The van der Waals surface area contributed by atoms with Crippen molar-refractivity contribution in [1.82, 2.24) is 10.2 Å². The van der Waals surface area contributed by atoms with Crippen molar-refractivity contribution in [3.8, 4) is 0 Å². The first-order valence-electron chi connectivity index (χ1n) is 6.24. The van der Waals surface area contributed by atoms with E-state index in [0.717, 1.165) is 13.1 Å². The summed E-state index contributed by atoms with van der Waals surface area (Å²) in [5.41, 5.74) is 0. The van der Waals surface area contributed by atoms with Crippen LogP contribution in [0.2, 0.25) is 0 Å². The number of thiophene rings is 1. The Morgan fingerprint density at radius 2 is 2.19 bits per heavy atom. The lowest BCUT2D eigenvalue weighted by Gasteiger charge is -2.15. The maximum atomic E-state index is 3.36. The SMILES string of the molecule is CCNCCCCN(C)CCc1cccs1. The van der Waals surface area contributed by atoms with Gasteiger partial charge in [0.1, 0.15) is 0 Å². The van der Waals surface area contributed by atoms with Gasteiger partial charge in [0.2, 0.25) is 0 Å². The molecular weight excluding hydrogens is 216 g/mol. The number of nitrogens with one attached hydrogen (secondary N) is 1. The highest BCUT2D eigenvalue weighted by atomic mass is 32.1. The number of hydrogen-bond acceptors (Lipinski definition) is 3. The molecule has 3 heteroatoms. The van der Waals surface area contributed by atoms with E-state index in [-0.39, 0.29) is 0 Å². The van der Waals surface area contributed by atoms with Gasteiger partial charge in [-0.1, -0.05) is 13.0 Å². The largest absolute Gasteiger partial charge is 0.317 e. The Kier molecular flexibility index (Phi) is 7.47. The lowest BCUT2D eigenvalue weighted by Crippen LogP contribution is -2.23. The van der Waals surface area contributed by atoms with Crippen molar-refractivity contribution >= 4 is 11.3 Å². The van der Waals surface area contributed by atoms with Crippen LogP contribution in [0.3, 0.4) is 0 Å². The second-order valence-corrected chi connectivity index (χ2v) is 5.23. The Balaban J connectivity index is 1.96. The van der Waals surface area contributed by atoms with Gasteiger partial charge in [-0.05, 0) is 57.4 Å². The number of rotatable bonds is 9. The first-order chi connectivity index (χ1) is 7.83. The van der Waals surface area contributed by atoms with Crippen molar-refractivity contribution in [2.24, 2.45) is 0 Å². The lowest BCUT2D eigenvalue weighted by molar-refractivity contribution is 0.330. The Hall–Kier alpha value is -0.380. The number of nitrogens with zero attached hydrogens (tertiary/aromatic N) is 1. The Morgan fingerprint density at radius 3 is 2.88 bits per heavy atom. The standard InChI is InChI=1S/C13H24N2S/c1-3-14-9-4-5-10-15(2)11-8-13-7-6-12-16-13/h6-7,12,14H,3-5,8-11H2,1-2H3. The lowest BCUT2D eigenvalue weighted by atomic mass is 10.2. The van der Waals surface area contributed by atoms with Gasteiger partial charge in [0, 0.05) is 11.4 Å². The predicted octanol–water partition coefficient (Wildman–Crippen LogP) is 2.61. The third kappa shape index (κ3) is 6.26. The third-order valence-electron chi connectivity index (χ3n) is 2.71. The molecule has 0 aliphatic heterocycles. The smallest absolute Gasteiger partial charge is 0.00579 e. The van der Waals surface area contributed by atoms with Crippen molar-refractivity contribution in [2.75, 3.05) is 33.2 Å². The van der Waals surface area contributed by atoms with Crippen LogP contribution in [0, 0.1) is 0 Å². The summed E-state index contributed by atoms with van der Waals surface area (Å²) >= 11 is 1.86. The molecule has 1 aromatic rings. The van der Waals surface area contributed by atoms with Crippen molar-refractivity contribution in [1.29, 1.82) is 0 Å². The van der Waals surface area contributed by atoms with Gasteiger partial charge in [0.25, 0.3) is 0 Å². The average Bonchev–Trinajstić information content (AvgIpc) is 2.79. The van der Waals surface area contributed by atoms with Crippen molar-refractivity contribution in [3.05, 3.63) is 22.4 Å². The summed E-state index contributed by atoms with van der Waals surface area (Å²) in [6, 6.07) is 4.36. The number of likely N-dealkylation sites (N-methyl/N-ethyl adjacent to an activating group) is 1. The molecule has 1 heterocycles. The molecule has 92 valence electrons. The minimum atomic E-state index is 1.09. The van der Waals surface area contributed by atoms with Gasteiger partial charge in [-0.15, -0.1) is 11.3 Å².